The molecule has 0 amide bonds. The number of nitrogens with zero attached hydrogens (tertiary/aromatic N) is 3. The van der Waals surface area contributed by atoms with Crippen LogP contribution in [0.15, 0.2) is 36.9 Å². The summed E-state index contributed by atoms with van der Waals surface area (Å²) in [6.07, 6.45) is 4.64. The fourth-order valence-corrected chi connectivity index (χ4v) is 2.12. The Morgan fingerprint density at radius 3 is 2.95 bits per heavy atom. The monoisotopic (exact) mass is 269 g/mol. The van der Waals surface area contributed by atoms with Crippen molar-refractivity contribution in [2.24, 2.45) is 0 Å². The number of aliphatic hydroxyl groups is 1. The van der Waals surface area contributed by atoms with Gasteiger partial charge in [-0.15, -0.1) is 0 Å². The molecule has 0 fully saturated rings. The molecule has 0 radical (unpaired) electrons. The zero-order valence-electron chi connectivity index (χ0n) is 10.9. The van der Waals surface area contributed by atoms with Gasteiger partial charge in [0.1, 0.15) is 11.8 Å². The van der Waals surface area contributed by atoms with Gasteiger partial charge in [-0.05, 0) is 24.5 Å². The molecule has 0 atom stereocenters. The maximum Gasteiger partial charge on any atom is 0.182 e. The van der Waals surface area contributed by atoms with E-state index in [1.54, 1.807) is 6.33 Å². The van der Waals surface area contributed by atoms with Crippen LogP contribution in [0.3, 0.4) is 0 Å². The first kappa shape index (κ1) is 12.6. The lowest BCUT2D eigenvalue weighted by atomic mass is 10.1. The van der Waals surface area contributed by atoms with Crippen molar-refractivity contribution in [1.29, 1.82) is 0 Å². The van der Waals surface area contributed by atoms with Gasteiger partial charge in [-0.2, -0.15) is 0 Å². The third kappa shape index (κ3) is 2.46. The number of aliphatic hydroxyl groups excluding tert-OH is 1. The van der Waals surface area contributed by atoms with E-state index >= 15 is 0 Å². The molecule has 1 aromatic carbocycles. The fraction of sp³-hybridized carbons (Fsp3) is 0.214. The van der Waals surface area contributed by atoms with E-state index < -0.39 is 0 Å². The highest BCUT2D eigenvalue weighted by Crippen LogP contribution is 2.23. The zero-order valence-corrected chi connectivity index (χ0v) is 10.9. The number of imidazole rings is 1. The molecule has 102 valence electrons. The number of aromatic amines is 1. The van der Waals surface area contributed by atoms with Crippen LogP contribution in [0.25, 0.3) is 11.2 Å². The number of nitrogens with one attached hydrogen (secondary N) is 2. The molecule has 3 N–H and O–H groups in total. The summed E-state index contributed by atoms with van der Waals surface area (Å²) in [6.45, 7) is 0.187. The molecular weight excluding hydrogens is 254 g/mol. The average Bonchev–Trinajstić information content (AvgIpc) is 2.96. The Morgan fingerprint density at radius 1 is 1.15 bits per heavy atom. The predicted molar refractivity (Wildman–Crippen MR) is 76.8 cm³/mol. The lowest BCUT2D eigenvalue weighted by Crippen LogP contribution is -2.00. The summed E-state index contributed by atoms with van der Waals surface area (Å²) in [7, 11) is 0. The number of hydrogen-bond donors (Lipinski definition) is 3. The predicted octanol–water partition coefficient (Wildman–Crippen LogP) is 2.02. The molecule has 0 saturated heterocycles. The summed E-state index contributed by atoms with van der Waals surface area (Å²) in [5, 5.41) is 12.3. The quantitative estimate of drug-likeness (QED) is 0.659. The second-order valence-corrected chi connectivity index (χ2v) is 4.43. The van der Waals surface area contributed by atoms with Gasteiger partial charge >= 0.3 is 0 Å². The van der Waals surface area contributed by atoms with Crippen LogP contribution >= 0.6 is 0 Å². The number of H-pyrrole nitrogens is 1. The van der Waals surface area contributed by atoms with Crippen molar-refractivity contribution in [3.63, 3.8) is 0 Å². The van der Waals surface area contributed by atoms with Crippen molar-refractivity contribution in [3.8, 4) is 0 Å². The SMILES string of the molecule is OCCCc1ccccc1Nc1ncnc2nc[nH]c12. The van der Waals surface area contributed by atoms with Crippen molar-refractivity contribution in [1.82, 2.24) is 19.9 Å². The molecule has 3 aromatic rings. The fourth-order valence-electron chi connectivity index (χ4n) is 2.12. The van der Waals surface area contributed by atoms with Gasteiger partial charge in [0.2, 0.25) is 0 Å². The van der Waals surface area contributed by atoms with Crippen LogP contribution in [0.1, 0.15) is 12.0 Å². The number of benzene rings is 1. The Hall–Kier alpha value is -2.47. The largest absolute Gasteiger partial charge is 0.396 e. The van der Waals surface area contributed by atoms with Gasteiger partial charge in [-0.3, -0.25) is 0 Å². The summed E-state index contributed by atoms with van der Waals surface area (Å²) < 4.78 is 0. The van der Waals surface area contributed by atoms with E-state index in [0.717, 1.165) is 29.6 Å². The van der Waals surface area contributed by atoms with Gasteiger partial charge in [0.25, 0.3) is 0 Å². The lowest BCUT2D eigenvalue weighted by Gasteiger charge is -2.11. The second kappa shape index (κ2) is 5.66. The molecule has 3 rings (SSSR count). The molecule has 0 aliphatic heterocycles. The van der Waals surface area contributed by atoms with E-state index in [-0.39, 0.29) is 6.61 Å². The third-order valence-corrected chi connectivity index (χ3v) is 3.10. The molecule has 0 saturated carbocycles. The van der Waals surface area contributed by atoms with Crippen molar-refractivity contribution >= 4 is 22.7 Å². The Kier molecular flexibility index (Phi) is 3.56. The first-order chi connectivity index (χ1) is 9.88. The summed E-state index contributed by atoms with van der Waals surface area (Å²) in [5.74, 6) is 0.698. The normalized spacial score (nSPS) is 10.8. The Labute approximate surface area is 115 Å². The third-order valence-electron chi connectivity index (χ3n) is 3.10. The number of rotatable bonds is 5. The van der Waals surface area contributed by atoms with Crippen LogP contribution in [0.2, 0.25) is 0 Å². The van der Waals surface area contributed by atoms with E-state index in [2.05, 4.69) is 25.3 Å². The molecule has 20 heavy (non-hydrogen) atoms. The number of hydrogen-bond acceptors (Lipinski definition) is 5. The summed E-state index contributed by atoms with van der Waals surface area (Å²) in [6, 6.07) is 8.00. The number of fused-ring (bicyclic) bond motifs is 1. The molecule has 6 nitrogen and oxygen atoms in total. The Balaban J connectivity index is 1.93. The first-order valence-corrected chi connectivity index (χ1v) is 6.48. The van der Waals surface area contributed by atoms with Gasteiger partial charge in [0.15, 0.2) is 11.5 Å². The summed E-state index contributed by atoms with van der Waals surface area (Å²) in [5.41, 5.74) is 3.54. The van der Waals surface area contributed by atoms with E-state index in [1.165, 1.54) is 6.33 Å². The van der Waals surface area contributed by atoms with Crippen LogP contribution in [0, 0.1) is 0 Å². The minimum Gasteiger partial charge on any atom is -0.396 e. The molecule has 0 bridgehead atoms. The van der Waals surface area contributed by atoms with E-state index in [0.29, 0.717) is 11.5 Å². The number of para-hydroxylation sites is 1. The Morgan fingerprint density at radius 2 is 2.05 bits per heavy atom. The molecule has 2 heterocycles. The number of aryl methyl sites for hydroxylation is 1. The van der Waals surface area contributed by atoms with E-state index in [4.69, 9.17) is 5.11 Å². The number of anilines is 2. The van der Waals surface area contributed by atoms with Gasteiger partial charge in [0, 0.05) is 12.3 Å². The van der Waals surface area contributed by atoms with E-state index in [9.17, 15) is 0 Å². The lowest BCUT2D eigenvalue weighted by molar-refractivity contribution is 0.288. The second-order valence-electron chi connectivity index (χ2n) is 4.43. The minimum atomic E-state index is 0.187. The molecule has 6 heteroatoms. The van der Waals surface area contributed by atoms with E-state index in [1.807, 2.05) is 24.3 Å². The highest BCUT2D eigenvalue weighted by molar-refractivity contribution is 5.84. The van der Waals surface area contributed by atoms with Crippen LogP contribution in [0.5, 0.6) is 0 Å². The highest BCUT2D eigenvalue weighted by atomic mass is 16.2. The van der Waals surface area contributed by atoms with Crippen molar-refractivity contribution in [2.75, 3.05) is 11.9 Å². The number of aromatic nitrogens is 4. The van der Waals surface area contributed by atoms with Crippen molar-refractivity contribution < 1.29 is 5.11 Å². The topological polar surface area (TPSA) is 86.7 Å². The van der Waals surface area contributed by atoms with Gasteiger partial charge < -0.3 is 15.4 Å². The van der Waals surface area contributed by atoms with Crippen LogP contribution in [-0.4, -0.2) is 31.6 Å². The van der Waals surface area contributed by atoms with Crippen molar-refractivity contribution in [3.05, 3.63) is 42.5 Å². The maximum atomic E-state index is 8.97. The highest BCUT2D eigenvalue weighted by Gasteiger charge is 2.08. The van der Waals surface area contributed by atoms with Crippen LogP contribution in [0.4, 0.5) is 11.5 Å². The van der Waals surface area contributed by atoms with Crippen LogP contribution < -0.4 is 5.32 Å². The molecule has 0 aliphatic carbocycles. The minimum absolute atomic E-state index is 0.187. The van der Waals surface area contributed by atoms with Crippen LogP contribution in [-0.2, 0) is 6.42 Å². The zero-order chi connectivity index (χ0) is 13.8. The van der Waals surface area contributed by atoms with Gasteiger partial charge in [-0.1, -0.05) is 18.2 Å². The average molecular weight is 269 g/mol. The molecule has 0 aliphatic rings. The Bertz CT molecular complexity index is 709. The summed E-state index contributed by atoms with van der Waals surface area (Å²) >= 11 is 0. The molecule has 2 aromatic heterocycles. The molecule has 0 unspecified atom stereocenters. The van der Waals surface area contributed by atoms with Crippen molar-refractivity contribution in [2.45, 2.75) is 12.8 Å². The standard InChI is InChI=1S/C14H15N5O/c20-7-3-5-10-4-1-2-6-11(10)19-14-12-13(16-8-15-12)17-9-18-14/h1-2,4,6,8-9,20H,3,5,7H2,(H2,15,16,17,18,19). The molecule has 0 spiro atoms. The molecular formula is C14H15N5O. The van der Waals surface area contributed by atoms with Gasteiger partial charge in [-0.25, -0.2) is 15.0 Å². The van der Waals surface area contributed by atoms with Gasteiger partial charge in [0.05, 0.1) is 6.33 Å². The maximum absolute atomic E-state index is 8.97. The smallest absolute Gasteiger partial charge is 0.182 e. The summed E-state index contributed by atoms with van der Waals surface area (Å²) in [4.78, 5) is 15.5. The first-order valence-electron chi connectivity index (χ1n) is 6.48.